The summed E-state index contributed by atoms with van der Waals surface area (Å²) in [5.74, 6) is -1.14. The van der Waals surface area contributed by atoms with Crippen LogP contribution in [0.3, 0.4) is 0 Å². The van der Waals surface area contributed by atoms with Crippen molar-refractivity contribution in [3.63, 3.8) is 0 Å². The molecular weight excluding hydrogens is 417 g/mol. The molecular formula is C20H18FNO5S2. The quantitative estimate of drug-likeness (QED) is 0.571. The lowest BCUT2D eigenvalue weighted by molar-refractivity contribution is 0.0692. The molecule has 1 aromatic heterocycles. The average Bonchev–Trinajstić information content (AvgIpc) is 2.97. The number of benzene rings is 2. The second-order valence-corrected chi connectivity index (χ2v) is 9.35. The van der Waals surface area contributed by atoms with Crippen LogP contribution in [0, 0.1) is 19.7 Å². The van der Waals surface area contributed by atoms with Crippen LogP contribution in [0.15, 0.2) is 53.4 Å². The number of aromatic carboxylic acids is 1. The Morgan fingerprint density at radius 3 is 2.41 bits per heavy atom. The van der Waals surface area contributed by atoms with E-state index in [9.17, 15) is 22.7 Å². The minimum absolute atomic E-state index is 0.107. The Bertz CT molecular complexity index is 1160. The highest BCUT2D eigenvalue weighted by molar-refractivity contribution is 7.89. The van der Waals surface area contributed by atoms with Crippen molar-refractivity contribution >= 4 is 27.3 Å². The first-order valence-corrected chi connectivity index (χ1v) is 10.8. The topological polar surface area (TPSA) is 92.7 Å². The van der Waals surface area contributed by atoms with Gasteiger partial charge in [-0.15, -0.1) is 11.3 Å². The Hall–Kier alpha value is -2.75. The van der Waals surface area contributed by atoms with Gasteiger partial charge >= 0.3 is 5.97 Å². The van der Waals surface area contributed by atoms with Gasteiger partial charge in [-0.25, -0.2) is 22.3 Å². The molecule has 0 radical (unpaired) electrons. The Kier molecular flexibility index (Phi) is 6.02. The van der Waals surface area contributed by atoms with Crippen molar-refractivity contribution < 1.29 is 27.4 Å². The fourth-order valence-corrected chi connectivity index (χ4v) is 5.68. The van der Waals surface area contributed by atoms with E-state index in [4.69, 9.17) is 4.74 Å². The molecule has 0 fully saturated rings. The molecule has 29 heavy (non-hydrogen) atoms. The highest BCUT2D eigenvalue weighted by Gasteiger charge is 2.29. The largest absolute Gasteiger partial charge is 0.478 e. The number of thiophene rings is 1. The van der Waals surface area contributed by atoms with Crippen molar-refractivity contribution in [1.29, 1.82) is 0 Å². The van der Waals surface area contributed by atoms with E-state index in [0.29, 0.717) is 15.5 Å². The summed E-state index contributed by atoms with van der Waals surface area (Å²) in [4.78, 5) is 11.9. The van der Waals surface area contributed by atoms with E-state index in [1.807, 2.05) is 6.07 Å². The number of aryl methyl sites for hydroxylation is 2. The lowest BCUT2D eigenvalue weighted by Crippen LogP contribution is -2.25. The molecule has 0 aliphatic heterocycles. The molecule has 3 aromatic rings. The van der Waals surface area contributed by atoms with Gasteiger partial charge in [-0.3, -0.25) is 0 Å². The molecule has 0 aliphatic carbocycles. The van der Waals surface area contributed by atoms with Gasteiger partial charge in [0.25, 0.3) is 0 Å². The Morgan fingerprint density at radius 2 is 1.79 bits per heavy atom. The molecule has 9 heteroatoms. The van der Waals surface area contributed by atoms with Crippen LogP contribution in [-0.4, -0.2) is 19.5 Å². The van der Waals surface area contributed by atoms with E-state index in [1.54, 1.807) is 31.2 Å². The first-order valence-electron chi connectivity index (χ1n) is 8.53. The fraction of sp³-hybridized carbons (Fsp3) is 0.150. The second kappa shape index (κ2) is 8.32. The number of carboxylic acids is 1. The summed E-state index contributed by atoms with van der Waals surface area (Å²) in [6, 6.07) is 13.0. The number of hydrogen-bond acceptors (Lipinski definition) is 5. The maximum atomic E-state index is 14.4. The van der Waals surface area contributed by atoms with E-state index in [1.165, 1.54) is 25.1 Å². The highest BCUT2D eigenvalue weighted by Crippen LogP contribution is 2.31. The van der Waals surface area contributed by atoms with Crippen LogP contribution in [-0.2, 0) is 16.6 Å². The molecule has 0 atom stereocenters. The highest BCUT2D eigenvalue weighted by atomic mass is 32.2. The van der Waals surface area contributed by atoms with Gasteiger partial charge in [-0.2, -0.15) is 0 Å². The van der Waals surface area contributed by atoms with E-state index in [0.717, 1.165) is 11.3 Å². The normalized spacial score (nSPS) is 11.4. The van der Waals surface area contributed by atoms with Crippen LogP contribution in [0.25, 0.3) is 0 Å². The third-order valence-corrected chi connectivity index (χ3v) is 6.87. The van der Waals surface area contributed by atoms with E-state index in [-0.39, 0.29) is 28.3 Å². The number of carboxylic acid groups (broad SMARTS) is 1. The third-order valence-electron chi connectivity index (χ3n) is 4.14. The molecule has 2 N–H and O–H groups in total. The summed E-state index contributed by atoms with van der Waals surface area (Å²) in [5.41, 5.74) is -0.150. The lowest BCUT2D eigenvalue weighted by atomic mass is 10.2. The standard InChI is InChI=1S/C20H18FNO5S2/c1-12-18(20(23)24)19(13(2)28-12)29(25,26)22-11-14-8-9-16(10-17(14)21)27-15-6-4-3-5-7-15/h3-10,22H,11H2,1-2H3,(H,23,24). The number of sulfonamides is 1. The molecule has 3 rings (SSSR count). The molecule has 6 nitrogen and oxygen atoms in total. The second-order valence-electron chi connectivity index (χ2n) is 6.22. The predicted octanol–water partition coefficient (Wildman–Crippen LogP) is 4.47. The lowest BCUT2D eigenvalue weighted by Gasteiger charge is -2.10. The van der Waals surface area contributed by atoms with Crippen molar-refractivity contribution in [2.24, 2.45) is 0 Å². The SMILES string of the molecule is Cc1sc(C)c(S(=O)(=O)NCc2ccc(Oc3ccccc3)cc2F)c1C(=O)O. The Morgan fingerprint density at radius 1 is 1.10 bits per heavy atom. The number of carbonyl (C=O) groups is 1. The van der Waals surface area contributed by atoms with Crippen LogP contribution < -0.4 is 9.46 Å². The van der Waals surface area contributed by atoms with Crippen molar-refractivity contribution in [2.45, 2.75) is 25.3 Å². The maximum Gasteiger partial charge on any atom is 0.338 e. The Labute approximate surface area is 171 Å². The minimum Gasteiger partial charge on any atom is -0.478 e. The zero-order valence-electron chi connectivity index (χ0n) is 15.6. The van der Waals surface area contributed by atoms with Crippen LogP contribution in [0.1, 0.15) is 25.7 Å². The smallest absolute Gasteiger partial charge is 0.338 e. The van der Waals surface area contributed by atoms with Gasteiger partial charge in [0.2, 0.25) is 10.0 Å². The summed E-state index contributed by atoms with van der Waals surface area (Å²) in [6.07, 6.45) is 0. The number of para-hydroxylation sites is 1. The van der Waals surface area contributed by atoms with E-state index < -0.39 is 21.8 Å². The molecule has 0 saturated heterocycles. The van der Waals surface area contributed by atoms with Crippen LogP contribution in [0.2, 0.25) is 0 Å². The number of hydrogen-bond donors (Lipinski definition) is 2. The molecule has 1 heterocycles. The molecule has 152 valence electrons. The molecule has 0 aliphatic rings. The minimum atomic E-state index is -4.14. The average molecular weight is 435 g/mol. The van der Waals surface area contributed by atoms with Gasteiger partial charge in [0.15, 0.2) is 0 Å². The zero-order chi connectivity index (χ0) is 21.2. The molecule has 0 spiro atoms. The number of nitrogens with one attached hydrogen (secondary N) is 1. The van der Waals surface area contributed by atoms with Gasteiger partial charge in [0, 0.05) is 27.9 Å². The number of rotatable bonds is 7. The monoisotopic (exact) mass is 435 g/mol. The molecule has 0 bridgehead atoms. The number of halogens is 1. The van der Waals surface area contributed by atoms with Gasteiger partial charge in [-0.05, 0) is 32.0 Å². The summed E-state index contributed by atoms with van der Waals surface area (Å²) in [5, 5.41) is 9.34. The molecule has 2 aromatic carbocycles. The summed E-state index contributed by atoms with van der Waals surface area (Å²) in [6.45, 7) is 2.76. The van der Waals surface area contributed by atoms with Gasteiger partial charge in [0.05, 0.1) is 5.56 Å². The predicted molar refractivity (Wildman–Crippen MR) is 108 cm³/mol. The van der Waals surface area contributed by atoms with Crippen molar-refractivity contribution in [3.05, 3.63) is 75.2 Å². The van der Waals surface area contributed by atoms with Crippen LogP contribution in [0.4, 0.5) is 4.39 Å². The van der Waals surface area contributed by atoms with Crippen LogP contribution in [0.5, 0.6) is 11.5 Å². The van der Waals surface area contributed by atoms with Crippen molar-refractivity contribution in [2.75, 3.05) is 0 Å². The molecule has 0 saturated carbocycles. The van der Waals surface area contributed by atoms with Crippen molar-refractivity contribution in [1.82, 2.24) is 4.72 Å². The van der Waals surface area contributed by atoms with E-state index >= 15 is 0 Å². The van der Waals surface area contributed by atoms with E-state index in [2.05, 4.69) is 4.72 Å². The third kappa shape index (κ3) is 4.64. The summed E-state index contributed by atoms with van der Waals surface area (Å²) in [7, 11) is -4.14. The first-order chi connectivity index (χ1) is 13.7. The van der Waals surface area contributed by atoms with Gasteiger partial charge < -0.3 is 9.84 Å². The summed E-state index contributed by atoms with van der Waals surface area (Å²) < 4.78 is 47.6. The molecule has 0 amide bonds. The zero-order valence-corrected chi connectivity index (χ0v) is 17.2. The summed E-state index contributed by atoms with van der Waals surface area (Å²) >= 11 is 1.09. The Balaban J connectivity index is 1.78. The van der Waals surface area contributed by atoms with Crippen LogP contribution >= 0.6 is 11.3 Å². The van der Waals surface area contributed by atoms with Gasteiger partial charge in [-0.1, -0.05) is 24.3 Å². The first kappa shape index (κ1) is 21.0. The maximum absolute atomic E-state index is 14.4. The molecule has 0 unspecified atom stereocenters. The van der Waals surface area contributed by atoms with Crippen molar-refractivity contribution in [3.8, 4) is 11.5 Å². The number of ether oxygens (including phenoxy) is 1. The fourth-order valence-electron chi connectivity index (χ4n) is 2.84. The van der Waals surface area contributed by atoms with Gasteiger partial charge in [0.1, 0.15) is 22.2 Å².